The highest BCUT2D eigenvalue weighted by molar-refractivity contribution is 8.18. The molecule has 0 aromatic heterocycles. The molecule has 2 fully saturated rings. The normalized spacial score (nSPS) is 27.8. The second kappa shape index (κ2) is 8.68. The highest BCUT2D eigenvalue weighted by Crippen LogP contribution is 2.54. The highest BCUT2D eigenvalue weighted by atomic mass is 32.2. The highest BCUT2D eigenvalue weighted by Gasteiger charge is 2.50. The molecular weight excluding hydrogens is 352 g/mol. The van der Waals surface area contributed by atoms with Gasteiger partial charge in [0.2, 0.25) is 0 Å². The molecule has 142 valence electrons. The van der Waals surface area contributed by atoms with Gasteiger partial charge in [0, 0.05) is 6.42 Å². The maximum absolute atomic E-state index is 6.56. The van der Waals surface area contributed by atoms with E-state index in [0.717, 1.165) is 6.61 Å². The molecule has 24 heavy (non-hydrogen) atoms. The zero-order chi connectivity index (χ0) is 17.8. The van der Waals surface area contributed by atoms with Gasteiger partial charge >= 0.3 is 0 Å². The molecule has 0 aromatic rings. The minimum absolute atomic E-state index is 0.276. The molecule has 0 bridgehead atoms. The summed E-state index contributed by atoms with van der Waals surface area (Å²) in [7, 11) is -1.68. The van der Waals surface area contributed by atoms with Crippen molar-refractivity contribution in [1.29, 1.82) is 0 Å². The molecule has 2 saturated heterocycles. The van der Waals surface area contributed by atoms with Gasteiger partial charge in [-0.1, -0.05) is 47.0 Å². The van der Waals surface area contributed by atoms with Crippen molar-refractivity contribution in [1.82, 2.24) is 0 Å². The smallest absolute Gasteiger partial charge is 0.192 e. The standard InChI is InChI=1S/C19H38O2S2Si/c1-7-8-9-11-17-19(22-12-10-13-23-19)14-16(21-17)15-20-24(5,6)18(2,3)4/h16-17H,7-15H2,1-6H3/t16-,17+/m1/s1. The first-order valence-corrected chi connectivity index (χ1v) is 14.7. The lowest BCUT2D eigenvalue weighted by Crippen LogP contribution is -2.42. The van der Waals surface area contributed by atoms with Crippen LogP contribution in [0.15, 0.2) is 0 Å². The molecule has 0 aromatic carbocycles. The van der Waals surface area contributed by atoms with Crippen LogP contribution in [0.4, 0.5) is 0 Å². The summed E-state index contributed by atoms with van der Waals surface area (Å²) in [6.45, 7) is 14.7. The third kappa shape index (κ3) is 5.18. The van der Waals surface area contributed by atoms with Crippen molar-refractivity contribution in [2.45, 2.75) is 101 Å². The third-order valence-corrected chi connectivity index (χ3v) is 13.9. The summed E-state index contributed by atoms with van der Waals surface area (Å²) < 4.78 is 13.4. The molecule has 0 amide bonds. The quantitative estimate of drug-likeness (QED) is 0.374. The topological polar surface area (TPSA) is 18.5 Å². The van der Waals surface area contributed by atoms with Gasteiger partial charge in [0.15, 0.2) is 8.32 Å². The molecule has 2 heterocycles. The van der Waals surface area contributed by atoms with Gasteiger partial charge in [0.05, 0.1) is 22.9 Å². The molecule has 0 N–H and O–H groups in total. The maximum Gasteiger partial charge on any atom is 0.192 e. The van der Waals surface area contributed by atoms with Gasteiger partial charge in [-0.05, 0) is 42.5 Å². The van der Waals surface area contributed by atoms with Gasteiger partial charge in [0.1, 0.15) is 0 Å². The molecule has 0 aliphatic carbocycles. The molecule has 2 aliphatic rings. The van der Waals surface area contributed by atoms with Crippen LogP contribution in [0.5, 0.6) is 0 Å². The zero-order valence-electron chi connectivity index (χ0n) is 16.7. The van der Waals surface area contributed by atoms with Gasteiger partial charge in [0.25, 0.3) is 0 Å². The van der Waals surface area contributed by atoms with Crippen LogP contribution >= 0.6 is 23.5 Å². The largest absolute Gasteiger partial charge is 0.414 e. The maximum atomic E-state index is 6.56. The number of hydrogen-bond acceptors (Lipinski definition) is 4. The van der Waals surface area contributed by atoms with E-state index in [-0.39, 0.29) is 5.04 Å². The Morgan fingerprint density at radius 3 is 2.42 bits per heavy atom. The monoisotopic (exact) mass is 390 g/mol. The van der Waals surface area contributed by atoms with Gasteiger partial charge in [-0.2, -0.15) is 0 Å². The van der Waals surface area contributed by atoms with E-state index in [1.807, 2.05) is 0 Å². The first kappa shape index (κ1) is 21.1. The van der Waals surface area contributed by atoms with Crippen LogP contribution < -0.4 is 0 Å². The first-order valence-electron chi connectivity index (χ1n) is 9.77. The Morgan fingerprint density at radius 2 is 1.83 bits per heavy atom. The van der Waals surface area contributed by atoms with E-state index in [1.54, 1.807) is 0 Å². The van der Waals surface area contributed by atoms with Crippen molar-refractivity contribution in [3.05, 3.63) is 0 Å². The fraction of sp³-hybridized carbons (Fsp3) is 1.00. The minimum Gasteiger partial charge on any atom is -0.414 e. The molecule has 0 unspecified atom stereocenters. The molecular formula is C19H38O2S2Si. The fourth-order valence-corrected chi connectivity index (χ4v) is 7.86. The minimum atomic E-state index is -1.68. The molecule has 0 radical (unpaired) electrons. The van der Waals surface area contributed by atoms with E-state index in [0.29, 0.717) is 16.3 Å². The van der Waals surface area contributed by atoms with Crippen molar-refractivity contribution < 1.29 is 9.16 Å². The fourth-order valence-electron chi connectivity index (χ4n) is 3.21. The van der Waals surface area contributed by atoms with E-state index in [4.69, 9.17) is 9.16 Å². The van der Waals surface area contributed by atoms with Crippen LogP contribution in [0.25, 0.3) is 0 Å². The Labute approximate surface area is 159 Å². The summed E-state index contributed by atoms with van der Waals surface area (Å²) in [5.74, 6) is 2.60. The SMILES string of the molecule is CCCCC[C@@H]1O[C@@H](CO[Si](C)(C)C(C)(C)C)CC12SCCCS2. The Balaban J connectivity index is 1.95. The number of ether oxygens (including phenoxy) is 1. The van der Waals surface area contributed by atoms with Crippen molar-refractivity contribution >= 4 is 31.8 Å². The molecule has 5 heteroatoms. The van der Waals surface area contributed by atoms with E-state index >= 15 is 0 Å². The molecule has 2 aliphatic heterocycles. The van der Waals surface area contributed by atoms with Gasteiger partial charge in [-0.25, -0.2) is 0 Å². The Hall–Kier alpha value is 0.837. The van der Waals surface area contributed by atoms with Crippen molar-refractivity contribution in [2.75, 3.05) is 18.1 Å². The van der Waals surface area contributed by atoms with Gasteiger partial charge < -0.3 is 9.16 Å². The van der Waals surface area contributed by atoms with Crippen molar-refractivity contribution in [3.8, 4) is 0 Å². The number of hydrogen-bond donors (Lipinski definition) is 0. The zero-order valence-corrected chi connectivity index (χ0v) is 19.3. The van der Waals surface area contributed by atoms with Gasteiger partial charge in [-0.3, -0.25) is 0 Å². The Morgan fingerprint density at radius 1 is 1.17 bits per heavy atom. The van der Waals surface area contributed by atoms with Crippen LogP contribution in [0.1, 0.15) is 66.2 Å². The van der Waals surface area contributed by atoms with Crippen LogP contribution in [0.2, 0.25) is 18.1 Å². The lowest BCUT2D eigenvalue weighted by Gasteiger charge is -2.37. The third-order valence-electron chi connectivity index (χ3n) is 5.85. The molecule has 2 nitrogen and oxygen atoms in total. The van der Waals surface area contributed by atoms with Crippen molar-refractivity contribution in [3.63, 3.8) is 0 Å². The number of thioether (sulfide) groups is 2. The van der Waals surface area contributed by atoms with Crippen LogP contribution in [0, 0.1) is 0 Å². The lowest BCUT2D eigenvalue weighted by molar-refractivity contribution is 0.0100. The van der Waals surface area contributed by atoms with E-state index in [1.165, 1.54) is 50.0 Å². The predicted molar refractivity (Wildman–Crippen MR) is 113 cm³/mol. The van der Waals surface area contributed by atoms with E-state index < -0.39 is 8.32 Å². The van der Waals surface area contributed by atoms with E-state index in [2.05, 4.69) is 64.3 Å². The van der Waals surface area contributed by atoms with Crippen LogP contribution in [-0.2, 0) is 9.16 Å². The van der Waals surface area contributed by atoms with Crippen LogP contribution in [0.3, 0.4) is 0 Å². The van der Waals surface area contributed by atoms with E-state index in [9.17, 15) is 0 Å². The summed E-state index contributed by atoms with van der Waals surface area (Å²) >= 11 is 4.35. The average Bonchev–Trinajstić information content (AvgIpc) is 2.83. The van der Waals surface area contributed by atoms with Gasteiger partial charge in [-0.15, -0.1) is 23.5 Å². The summed E-state index contributed by atoms with van der Waals surface area (Å²) in [5.41, 5.74) is 0. The molecule has 2 rings (SSSR count). The summed E-state index contributed by atoms with van der Waals surface area (Å²) in [6, 6.07) is 0. The Kier molecular flexibility index (Phi) is 7.65. The second-order valence-electron chi connectivity index (χ2n) is 8.88. The summed E-state index contributed by atoms with van der Waals surface area (Å²) in [4.78, 5) is 0. The Bertz CT molecular complexity index is 389. The second-order valence-corrected chi connectivity index (χ2v) is 16.8. The first-order chi connectivity index (χ1) is 11.2. The molecule has 1 spiro atoms. The van der Waals surface area contributed by atoms with Crippen molar-refractivity contribution in [2.24, 2.45) is 0 Å². The summed E-state index contributed by atoms with van der Waals surface area (Å²) in [6.07, 6.45) is 8.40. The number of rotatable bonds is 7. The summed E-state index contributed by atoms with van der Waals surface area (Å²) in [5, 5.41) is 0.276. The number of unbranched alkanes of at least 4 members (excludes halogenated alkanes) is 2. The average molecular weight is 391 g/mol. The molecule has 2 atom stereocenters. The predicted octanol–water partition coefficient (Wildman–Crippen LogP) is 6.31. The lowest BCUT2D eigenvalue weighted by atomic mass is 10.1. The molecule has 0 saturated carbocycles. The van der Waals surface area contributed by atoms with Crippen LogP contribution in [-0.4, -0.2) is 42.7 Å².